The van der Waals surface area contributed by atoms with Crippen molar-refractivity contribution in [3.8, 4) is 0 Å². The van der Waals surface area contributed by atoms with Gasteiger partial charge in [0, 0.05) is 23.9 Å². The molecule has 2 unspecified atom stereocenters. The fourth-order valence-electron chi connectivity index (χ4n) is 0. The van der Waals surface area contributed by atoms with E-state index in [2.05, 4.69) is 22.7 Å². The molecule has 0 aromatic heterocycles. The van der Waals surface area contributed by atoms with Crippen molar-refractivity contribution in [1.82, 2.24) is 0 Å². The van der Waals surface area contributed by atoms with E-state index in [4.69, 9.17) is 23.2 Å². The second-order valence-electron chi connectivity index (χ2n) is 1.34. The third-order valence-electron chi connectivity index (χ3n) is 0.563. The van der Waals surface area contributed by atoms with Crippen LogP contribution >= 0.6 is 32.4 Å². The Morgan fingerprint density at radius 2 is 1.64 bits per heavy atom. The molecule has 2 atom stereocenters. The number of halogens is 2. The molecule has 0 aromatic carbocycles. The largest absolute Gasteiger partial charge is 0.141 e. The second kappa shape index (κ2) is 30.2. The minimum absolute atomic E-state index is 0. The van der Waals surface area contributed by atoms with Gasteiger partial charge >= 0.3 is 0 Å². The van der Waals surface area contributed by atoms with Gasteiger partial charge in [0.2, 0.25) is 0 Å². The average Bonchev–Trinajstić information content (AvgIpc) is 1.94. The predicted molar refractivity (Wildman–Crippen MR) is 57.3 cm³/mol. The molecule has 0 aliphatic heterocycles. The van der Waals surface area contributed by atoms with Crippen molar-refractivity contribution < 1.29 is 18.6 Å². The summed E-state index contributed by atoms with van der Waals surface area (Å²) in [4.78, 5) is 0. The Balaban J connectivity index is -0.0000000360. The minimum Gasteiger partial charge on any atom is -0.141 e. The molecule has 0 saturated carbocycles. The zero-order valence-electron chi connectivity index (χ0n) is 7.35. The Kier molecular flexibility index (Phi) is 62.6. The molecular formula is C7H17Cl2PV. The molecule has 0 bridgehead atoms. The molecule has 0 amide bonds. The van der Waals surface area contributed by atoms with Gasteiger partial charge in [-0.05, 0) is 18.9 Å². The first-order valence-electron chi connectivity index (χ1n) is 3.11. The van der Waals surface area contributed by atoms with Gasteiger partial charge in [-0.15, -0.1) is 20.8 Å². The van der Waals surface area contributed by atoms with Crippen LogP contribution in [-0.2, 0) is 18.6 Å². The third kappa shape index (κ3) is 88.8. The molecule has 1 radical (unpaired) electrons. The standard InChI is InChI=1S/C4H9Cl.C2H3Cl.CH5P.V/c1-3-4(2)5;1-2-3;1-2;/h4H,3H2,1-2H3;2H,1H2;2H2,1H3;. The van der Waals surface area contributed by atoms with Crippen LogP contribution in [0.3, 0.4) is 0 Å². The Morgan fingerprint density at radius 3 is 1.64 bits per heavy atom. The van der Waals surface area contributed by atoms with Gasteiger partial charge in [0.05, 0.1) is 0 Å². The van der Waals surface area contributed by atoms with Crippen molar-refractivity contribution in [2.75, 3.05) is 6.66 Å². The predicted octanol–water partition coefficient (Wildman–Crippen LogP) is 3.88. The van der Waals surface area contributed by atoms with E-state index in [1.807, 2.05) is 13.6 Å². The van der Waals surface area contributed by atoms with Crippen LogP contribution in [0, 0.1) is 0 Å². The van der Waals surface area contributed by atoms with E-state index in [1.54, 1.807) is 0 Å². The molecule has 0 N–H and O–H groups in total. The van der Waals surface area contributed by atoms with Crippen LogP contribution in [0.1, 0.15) is 20.3 Å². The number of rotatable bonds is 1. The summed E-state index contributed by atoms with van der Waals surface area (Å²) >= 11 is 10.2. The van der Waals surface area contributed by atoms with Crippen LogP contribution in [0.2, 0.25) is 0 Å². The smallest absolute Gasteiger partial charge is 0.0305 e. The van der Waals surface area contributed by atoms with E-state index in [-0.39, 0.29) is 18.6 Å². The molecule has 0 rings (SSSR count). The molecule has 4 heteroatoms. The van der Waals surface area contributed by atoms with E-state index in [1.165, 1.54) is 5.54 Å². The summed E-state index contributed by atoms with van der Waals surface area (Å²) in [6, 6.07) is 0. The van der Waals surface area contributed by atoms with Crippen molar-refractivity contribution in [3.63, 3.8) is 0 Å². The number of alkyl halides is 1. The maximum absolute atomic E-state index is 5.46. The minimum atomic E-state index is 0. The van der Waals surface area contributed by atoms with Crippen LogP contribution < -0.4 is 0 Å². The molecule has 0 nitrogen and oxygen atoms in total. The molecule has 0 aliphatic rings. The molecular weight excluding hydrogens is 237 g/mol. The van der Waals surface area contributed by atoms with Gasteiger partial charge in [-0.1, -0.05) is 31.8 Å². The van der Waals surface area contributed by atoms with E-state index >= 15 is 0 Å². The van der Waals surface area contributed by atoms with E-state index in [0.29, 0.717) is 5.38 Å². The molecule has 69 valence electrons. The van der Waals surface area contributed by atoms with Crippen molar-refractivity contribution in [2.24, 2.45) is 0 Å². The maximum atomic E-state index is 5.46. The second-order valence-corrected chi connectivity index (χ2v) is 2.40. The average molecular weight is 254 g/mol. The molecule has 0 aliphatic carbocycles. The first-order chi connectivity index (χ1) is 4.68. The summed E-state index contributed by atoms with van der Waals surface area (Å²) in [5.41, 5.74) is 1.22. The van der Waals surface area contributed by atoms with Crippen molar-refractivity contribution >= 4 is 32.4 Å². The van der Waals surface area contributed by atoms with Gasteiger partial charge in [0.15, 0.2) is 0 Å². The number of hydrogen-bond acceptors (Lipinski definition) is 0. The Bertz CT molecular complexity index is 51.7. The van der Waals surface area contributed by atoms with Crippen LogP contribution in [-0.4, -0.2) is 12.0 Å². The molecule has 0 aromatic rings. The van der Waals surface area contributed by atoms with Crippen LogP contribution in [0.5, 0.6) is 0 Å². The fraction of sp³-hybridized carbons (Fsp3) is 0.714. The van der Waals surface area contributed by atoms with Gasteiger partial charge in [-0.3, -0.25) is 0 Å². The molecule has 0 spiro atoms. The maximum Gasteiger partial charge on any atom is 0.0305 e. The first-order valence-corrected chi connectivity index (χ1v) is 5.14. The van der Waals surface area contributed by atoms with Crippen molar-refractivity contribution in [3.05, 3.63) is 12.1 Å². The van der Waals surface area contributed by atoms with E-state index < -0.39 is 0 Å². The summed E-state index contributed by atoms with van der Waals surface area (Å²) in [5.74, 6) is 0. The van der Waals surface area contributed by atoms with E-state index in [9.17, 15) is 0 Å². The zero-order chi connectivity index (χ0) is 8.99. The topological polar surface area (TPSA) is 0 Å². The van der Waals surface area contributed by atoms with Crippen molar-refractivity contribution in [1.29, 1.82) is 0 Å². The number of hydrogen-bond donors (Lipinski definition) is 0. The molecule has 11 heavy (non-hydrogen) atoms. The monoisotopic (exact) mass is 253 g/mol. The van der Waals surface area contributed by atoms with Gasteiger partial charge in [-0.25, -0.2) is 0 Å². The van der Waals surface area contributed by atoms with Crippen LogP contribution in [0.15, 0.2) is 12.1 Å². The molecule has 0 saturated heterocycles. The van der Waals surface area contributed by atoms with E-state index in [0.717, 1.165) is 6.42 Å². The summed E-state index contributed by atoms with van der Waals surface area (Å²) < 4.78 is 0. The normalized spacial score (nSPS) is 8.55. The Morgan fingerprint density at radius 1 is 1.55 bits per heavy atom. The summed E-state index contributed by atoms with van der Waals surface area (Å²) in [6.45, 7) is 9.10. The Hall–Kier alpha value is 1.33. The van der Waals surface area contributed by atoms with Gasteiger partial charge < -0.3 is 0 Å². The third-order valence-corrected chi connectivity index (χ3v) is 0.871. The van der Waals surface area contributed by atoms with Crippen molar-refractivity contribution in [2.45, 2.75) is 25.6 Å². The van der Waals surface area contributed by atoms with Gasteiger partial charge in [0.25, 0.3) is 0 Å². The van der Waals surface area contributed by atoms with Gasteiger partial charge in [-0.2, -0.15) is 0 Å². The quantitative estimate of drug-likeness (QED) is 0.492. The zero-order valence-corrected chi connectivity index (χ0v) is 11.4. The summed E-state index contributed by atoms with van der Waals surface area (Å²) in [5, 5.41) is 0.356. The Labute approximate surface area is 95.2 Å². The van der Waals surface area contributed by atoms with Gasteiger partial charge in [0.1, 0.15) is 0 Å². The van der Waals surface area contributed by atoms with Crippen LogP contribution in [0.4, 0.5) is 0 Å². The fourth-order valence-corrected chi connectivity index (χ4v) is 0. The van der Waals surface area contributed by atoms with Crippen LogP contribution in [0.25, 0.3) is 0 Å². The summed E-state index contributed by atoms with van der Waals surface area (Å²) in [6.07, 6.45) is 1.07. The first kappa shape index (κ1) is 22.8. The summed E-state index contributed by atoms with van der Waals surface area (Å²) in [7, 11) is 2.42. The SMILES string of the molecule is C=CCl.CCC(C)Cl.CP.[V]. The molecule has 0 heterocycles. The molecule has 0 fully saturated rings.